The molecule has 2 heterocycles. The Kier molecular flexibility index (Phi) is 8.55. The number of nitrogens with one attached hydrogen (secondary N) is 3. The van der Waals surface area contributed by atoms with Crippen LogP contribution in [0.2, 0.25) is 0 Å². The van der Waals surface area contributed by atoms with Crippen molar-refractivity contribution in [3.05, 3.63) is 57.1 Å². The van der Waals surface area contributed by atoms with Gasteiger partial charge in [-0.1, -0.05) is 30.3 Å². The number of ether oxygens (including phenoxy) is 2. The minimum Gasteiger partial charge on any atom is -0.475 e. The van der Waals surface area contributed by atoms with E-state index in [1.165, 1.54) is 25.4 Å². The molecule has 0 fully saturated rings. The number of methoxy groups -OCH3 is 1. The van der Waals surface area contributed by atoms with Crippen molar-refractivity contribution in [2.45, 2.75) is 26.8 Å². The first-order chi connectivity index (χ1) is 17.2. The molecule has 2 aromatic heterocycles. The number of hydrazine groups is 1. The number of nitrogens with zero attached hydrogens (tertiary/aromatic N) is 3. The third-order valence-corrected chi connectivity index (χ3v) is 6.22. The predicted molar refractivity (Wildman–Crippen MR) is 138 cm³/mol. The highest BCUT2D eigenvalue weighted by Crippen LogP contribution is 2.40. The normalized spacial score (nSPS) is 11.3. The van der Waals surface area contributed by atoms with Gasteiger partial charge >= 0.3 is 17.5 Å². The Morgan fingerprint density at radius 3 is 2.56 bits per heavy atom. The van der Waals surface area contributed by atoms with E-state index in [9.17, 15) is 19.7 Å². The lowest BCUT2D eigenvalue weighted by Gasteiger charge is -2.15. The number of amides is 1. The van der Waals surface area contributed by atoms with Gasteiger partial charge in [0.2, 0.25) is 0 Å². The Morgan fingerprint density at radius 2 is 1.97 bits per heavy atom. The van der Waals surface area contributed by atoms with Gasteiger partial charge in [-0.3, -0.25) is 25.8 Å². The molecule has 0 saturated heterocycles. The minimum absolute atomic E-state index is 0.0194. The molecule has 0 saturated carbocycles. The first-order valence-electron chi connectivity index (χ1n) is 10.7. The molecule has 0 spiro atoms. The average molecular weight is 533 g/mol. The van der Waals surface area contributed by atoms with Crippen molar-refractivity contribution in [1.82, 2.24) is 20.6 Å². The van der Waals surface area contributed by atoms with Crippen molar-refractivity contribution < 1.29 is 24.0 Å². The van der Waals surface area contributed by atoms with Crippen LogP contribution < -0.4 is 20.9 Å². The summed E-state index contributed by atoms with van der Waals surface area (Å²) >= 11 is 6.62. The van der Waals surface area contributed by atoms with Gasteiger partial charge in [-0.05, 0) is 38.6 Å². The largest absolute Gasteiger partial charge is 0.475 e. The SMILES string of the molecule is CCOC(=O)c1c(NC(=S)NNC(=O)C(C)n2cc([N+](=O)[O-])c(OC)n2)sc(C)c1-c1ccccc1. The number of nitro groups is 1. The lowest BCUT2D eigenvalue weighted by molar-refractivity contribution is -0.385. The van der Waals surface area contributed by atoms with Gasteiger partial charge in [0.25, 0.3) is 5.91 Å². The predicted octanol–water partition coefficient (Wildman–Crippen LogP) is 3.59. The van der Waals surface area contributed by atoms with Crippen LogP contribution in [0, 0.1) is 17.0 Å². The Morgan fingerprint density at radius 1 is 1.28 bits per heavy atom. The summed E-state index contributed by atoms with van der Waals surface area (Å²) in [6.07, 6.45) is 1.10. The van der Waals surface area contributed by atoms with Crippen LogP contribution in [0.5, 0.6) is 5.88 Å². The van der Waals surface area contributed by atoms with E-state index in [1.54, 1.807) is 6.92 Å². The van der Waals surface area contributed by atoms with Crippen LogP contribution in [0.25, 0.3) is 11.1 Å². The number of rotatable bonds is 8. The fourth-order valence-corrected chi connectivity index (χ4v) is 4.58. The van der Waals surface area contributed by atoms with Gasteiger partial charge in [-0.15, -0.1) is 16.4 Å². The summed E-state index contributed by atoms with van der Waals surface area (Å²) in [5.74, 6) is -1.28. The van der Waals surface area contributed by atoms with Crippen molar-refractivity contribution in [2.75, 3.05) is 19.0 Å². The number of aromatic nitrogens is 2. The molecule has 0 radical (unpaired) electrons. The van der Waals surface area contributed by atoms with E-state index in [1.807, 2.05) is 37.3 Å². The number of thiophene rings is 1. The second-order valence-corrected chi connectivity index (χ2v) is 8.96. The number of aryl methyl sites for hydroxylation is 1. The Balaban J connectivity index is 1.74. The first-order valence-corrected chi connectivity index (χ1v) is 11.9. The number of thiocarbonyl (C=S) groups is 1. The molecule has 1 amide bonds. The molecule has 12 nitrogen and oxygen atoms in total. The number of esters is 1. The molecule has 0 aliphatic carbocycles. The summed E-state index contributed by atoms with van der Waals surface area (Å²) in [7, 11) is 1.25. The lowest BCUT2D eigenvalue weighted by atomic mass is 10.0. The van der Waals surface area contributed by atoms with Crippen molar-refractivity contribution in [2.24, 2.45) is 0 Å². The number of hydrogen-bond acceptors (Lipinski definition) is 9. The van der Waals surface area contributed by atoms with E-state index < -0.39 is 22.8 Å². The number of carbonyl (C=O) groups excluding carboxylic acids is 2. The molecule has 1 unspecified atom stereocenters. The fraction of sp³-hybridized carbons (Fsp3) is 0.273. The fourth-order valence-electron chi connectivity index (χ4n) is 3.29. The van der Waals surface area contributed by atoms with Gasteiger partial charge < -0.3 is 14.8 Å². The van der Waals surface area contributed by atoms with E-state index in [2.05, 4.69) is 21.3 Å². The Bertz CT molecular complexity index is 1290. The third kappa shape index (κ3) is 5.78. The molecule has 190 valence electrons. The topological polar surface area (TPSA) is 150 Å². The summed E-state index contributed by atoms with van der Waals surface area (Å²) in [6.45, 7) is 5.31. The molecular formula is C22H24N6O6S2. The molecule has 0 aliphatic heterocycles. The highest BCUT2D eigenvalue weighted by atomic mass is 32.1. The molecule has 3 aromatic rings. The summed E-state index contributed by atoms with van der Waals surface area (Å²) in [5.41, 5.74) is 6.56. The van der Waals surface area contributed by atoms with Crippen LogP contribution in [0.15, 0.2) is 36.5 Å². The average Bonchev–Trinajstić information content (AvgIpc) is 3.43. The van der Waals surface area contributed by atoms with Crippen molar-refractivity contribution in [3.63, 3.8) is 0 Å². The van der Waals surface area contributed by atoms with Crippen LogP contribution in [-0.4, -0.2) is 45.4 Å². The molecule has 3 N–H and O–H groups in total. The summed E-state index contributed by atoms with van der Waals surface area (Å²) in [5, 5.41) is 18.4. The second kappa shape index (κ2) is 11.6. The molecule has 14 heteroatoms. The minimum atomic E-state index is -0.924. The number of hydrogen-bond donors (Lipinski definition) is 3. The van der Waals surface area contributed by atoms with Crippen LogP contribution in [0.1, 0.15) is 35.1 Å². The highest BCUT2D eigenvalue weighted by Gasteiger charge is 2.27. The Labute approximate surface area is 215 Å². The number of benzene rings is 1. The zero-order chi connectivity index (χ0) is 26.4. The van der Waals surface area contributed by atoms with E-state index in [-0.39, 0.29) is 23.3 Å². The zero-order valence-electron chi connectivity index (χ0n) is 19.9. The molecule has 36 heavy (non-hydrogen) atoms. The van der Waals surface area contributed by atoms with Gasteiger partial charge in [0.05, 0.1) is 18.6 Å². The van der Waals surface area contributed by atoms with E-state index in [0.717, 1.165) is 26.9 Å². The number of anilines is 1. The smallest absolute Gasteiger partial charge is 0.350 e. The number of carbonyl (C=O) groups is 2. The van der Waals surface area contributed by atoms with E-state index >= 15 is 0 Å². The summed E-state index contributed by atoms with van der Waals surface area (Å²) in [4.78, 5) is 36.7. The standard InChI is InChI=1S/C22H24N6O6S2/c1-5-34-21(30)17-16(14-9-7-6-8-10-14)13(3)36-20(17)23-22(35)25-24-18(29)12(2)27-11-15(28(31)32)19(26-27)33-4/h6-12H,5H2,1-4H3,(H,24,29)(H2,23,25,35). The zero-order valence-corrected chi connectivity index (χ0v) is 21.5. The maximum Gasteiger partial charge on any atom is 0.350 e. The van der Waals surface area contributed by atoms with Crippen LogP contribution >= 0.6 is 23.6 Å². The maximum atomic E-state index is 12.8. The maximum absolute atomic E-state index is 12.8. The van der Waals surface area contributed by atoms with Gasteiger partial charge in [0.1, 0.15) is 22.8 Å². The molecule has 0 aliphatic rings. The van der Waals surface area contributed by atoms with Gasteiger partial charge in [0.15, 0.2) is 5.11 Å². The van der Waals surface area contributed by atoms with Crippen molar-refractivity contribution >= 4 is 51.2 Å². The second-order valence-electron chi connectivity index (χ2n) is 7.33. The molecular weight excluding hydrogens is 508 g/mol. The third-order valence-electron chi connectivity index (χ3n) is 5.00. The summed E-state index contributed by atoms with van der Waals surface area (Å²) < 4.78 is 11.3. The molecule has 1 atom stereocenters. The van der Waals surface area contributed by atoms with Crippen LogP contribution in [-0.2, 0) is 9.53 Å². The van der Waals surface area contributed by atoms with Crippen molar-refractivity contribution in [3.8, 4) is 17.0 Å². The highest BCUT2D eigenvalue weighted by molar-refractivity contribution is 7.80. The van der Waals surface area contributed by atoms with Crippen molar-refractivity contribution in [1.29, 1.82) is 0 Å². The van der Waals surface area contributed by atoms with E-state index in [0.29, 0.717) is 10.6 Å². The lowest BCUT2D eigenvalue weighted by Crippen LogP contribution is -2.46. The molecule has 1 aromatic carbocycles. The van der Waals surface area contributed by atoms with Crippen LogP contribution in [0.4, 0.5) is 10.7 Å². The van der Waals surface area contributed by atoms with Gasteiger partial charge in [-0.25, -0.2) is 9.48 Å². The Hall–Kier alpha value is -4.04. The van der Waals surface area contributed by atoms with Crippen LogP contribution in [0.3, 0.4) is 0 Å². The van der Waals surface area contributed by atoms with Gasteiger partial charge in [-0.2, -0.15) is 0 Å². The monoisotopic (exact) mass is 532 g/mol. The quantitative estimate of drug-likeness (QED) is 0.170. The van der Waals surface area contributed by atoms with E-state index in [4.69, 9.17) is 21.7 Å². The molecule has 0 bridgehead atoms. The summed E-state index contributed by atoms with van der Waals surface area (Å²) in [6, 6.07) is 8.51. The first kappa shape index (κ1) is 26.6. The van der Waals surface area contributed by atoms with Gasteiger partial charge in [0, 0.05) is 10.4 Å². The molecule has 3 rings (SSSR count).